The standard InChI is InChI=1S/C15H20ClN3O/c1-2-19-13-11(16)4-3-5-12(13)18-14(19)15(10-17)6-8-20-9-7-15/h3-5H,2,6-10,17H2,1H3. The van der Waals surface area contributed by atoms with E-state index in [1.54, 1.807) is 0 Å². The predicted octanol–water partition coefficient (Wildman–Crippen LogP) is 2.72. The molecule has 3 rings (SSSR count). The molecule has 0 amide bonds. The molecule has 108 valence electrons. The quantitative estimate of drug-likeness (QED) is 0.947. The number of fused-ring (bicyclic) bond motifs is 1. The molecule has 1 saturated heterocycles. The average molecular weight is 294 g/mol. The molecule has 1 aromatic heterocycles. The van der Waals surface area contributed by atoms with Crippen molar-refractivity contribution in [2.75, 3.05) is 19.8 Å². The monoisotopic (exact) mass is 293 g/mol. The lowest BCUT2D eigenvalue weighted by molar-refractivity contribution is 0.0489. The van der Waals surface area contributed by atoms with Gasteiger partial charge in [0.25, 0.3) is 0 Å². The summed E-state index contributed by atoms with van der Waals surface area (Å²) >= 11 is 6.37. The first-order valence-corrected chi connectivity index (χ1v) is 7.52. The Balaban J connectivity index is 2.22. The number of nitrogens with two attached hydrogens (primary N) is 1. The number of hydrogen-bond acceptors (Lipinski definition) is 3. The summed E-state index contributed by atoms with van der Waals surface area (Å²) in [7, 11) is 0. The molecule has 0 atom stereocenters. The van der Waals surface area contributed by atoms with Gasteiger partial charge in [-0.2, -0.15) is 0 Å². The largest absolute Gasteiger partial charge is 0.381 e. The lowest BCUT2D eigenvalue weighted by Crippen LogP contribution is -2.42. The Morgan fingerprint density at radius 2 is 2.15 bits per heavy atom. The van der Waals surface area contributed by atoms with E-state index in [1.165, 1.54) is 0 Å². The molecule has 0 aliphatic carbocycles. The molecule has 0 bridgehead atoms. The Hall–Kier alpha value is -1.10. The van der Waals surface area contributed by atoms with Crippen LogP contribution in [0.15, 0.2) is 18.2 Å². The van der Waals surface area contributed by atoms with Crippen molar-refractivity contribution in [3.8, 4) is 0 Å². The maximum atomic E-state index is 6.37. The molecular formula is C15H20ClN3O. The van der Waals surface area contributed by atoms with Crippen molar-refractivity contribution in [1.82, 2.24) is 9.55 Å². The fraction of sp³-hybridized carbons (Fsp3) is 0.533. The van der Waals surface area contributed by atoms with Gasteiger partial charge in [-0.3, -0.25) is 0 Å². The van der Waals surface area contributed by atoms with Crippen molar-refractivity contribution < 1.29 is 4.74 Å². The van der Waals surface area contributed by atoms with E-state index in [2.05, 4.69) is 11.5 Å². The summed E-state index contributed by atoms with van der Waals surface area (Å²) in [6, 6.07) is 5.88. The van der Waals surface area contributed by atoms with Crippen molar-refractivity contribution in [2.24, 2.45) is 5.73 Å². The van der Waals surface area contributed by atoms with Gasteiger partial charge < -0.3 is 15.0 Å². The van der Waals surface area contributed by atoms with Crippen LogP contribution in [0, 0.1) is 0 Å². The minimum Gasteiger partial charge on any atom is -0.381 e. The highest BCUT2D eigenvalue weighted by molar-refractivity contribution is 6.35. The van der Waals surface area contributed by atoms with E-state index in [-0.39, 0.29) is 5.41 Å². The van der Waals surface area contributed by atoms with Gasteiger partial charge in [-0.15, -0.1) is 0 Å². The van der Waals surface area contributed by atoms with E-state index >= 15 is 0 Å². The second-order valence-electron chi connectivity index (χ2n) is 5.38. The van der Waals surface area contributed by atoms with Crippen LogP contribution >= 0.6 is 11.6 Å². The van der Waals surface area contributed by atoms with Gasteiger partial charge >= 0.3 is 0 Å². The van der Waals surface area contributed by atoms with Gasteiger partial charge in [0.15, 0.2) is 0 Å². The molecule has 1 aliphatic rings. The predicted molar refractivity (Wildman–Crippen MR) is 81.2 cm³/mol. The van der Waals surface area contributed by atoms with Crippen LogP contribution in [0.25, 0.3) is 11.0 Å². The molecule has 2 aromatic rings. The molecular weight excluding hydrogens is 274 g/mol. The first-order valence-electron chi connectivity index (χ1n) is 7.15. The number of rotatable bonds is 3. The topological polar surface area (TPSA) is 53.1 Å². The lowest BCUT2D eigenvalue weighted by Gasteiger charge is -2.35. The molecule has 0 saturated carbocycles. The van der Waals surface area contributed by atoms with Crippen LogP contribution in [-0.4, -0.2) is 29.3 Å². The summed E-state index contributed by atoms with van der Waals surface area (Å²) < 4.78 is 7.72. The zero-order valence-electron chi connectivity index (χ0n) is 11.7. The third-order valence-corrected chi connectivity index (χ3v) is 4.65. The van der Waals surface area contributed by atoms with Crippen molar-refractivity contribution in [1.29, 1.82) is 0 Å². The molecule has 1 fully saturated rings. The summed E-state index contributed by atoms with van der Waals surface area (Å²) in [6.07, 6.45) is 1.84. The second kappa shape index (κ2) is 5.35. The fourth-order valence-electron chi connectivity index (χ4n) is 3.14. The highest BCUT2D eigenvalue weighted by atomic mass is 35.5. The summed E-state index contributed by atoms with van der Waals surface area (Å²) in [5, 5.41) is 0.752. The number of hydrogen-bond donors (Lipinski definition) is 1. The number of ether oxygens (including phenoxy) is 1. The Morgan fingerprint density at radius 3 is 2.80 bits per heavy atom. The summed E-state index contributed by atoms with van der Waals surface area (Å²) in [5.74, 6) is 1.06. The molecule has 0 spiro atoms. The number of nitrogens with zero attached hydrogens (tertiary/aromatic N) is 2. The molecule has 0 radical (unpaired) electrons. The highest BCUT2D eigenvalue weighted by Crippen LogP contribution is 2.36. The van der Waals surface area contributed by atoms with Crippen LogP contribution in [0.3, 0.4) is 0 Å². The van der Waals surface area contributed by atoms with E-state index in [9.17, 15) is 0 Å². The summed E-state index contributed by atoms with van der Waals surface area (Å²) in [4.78, 5) is 4.85. The first kappa shape index (κ1) is 13.9. The highest BCUT2D eigenvalue weighted by Gasteiger charge is 2.37. The van der Waals surface area contributed by atoms with Gasteiger partial charge in [-0.25, -0.2) is 4.98 Å². The Bertz CT molecular complexity index is 617. The molecule has 2 heterocycles. The van der Waals surface area contributed by atoms with E-state index in [0.717, 1.165) is 54.5 Å². The maximum absolute atomic E-state index is 6.37. The second-order valence-corrected chi connectivity index (χ2v) is 5.79. The molecule has 20 heavy (non-hydrogen) atoms. The fourth-order valence-corrected chi connectivity index (χ4v) is 3.41. The van der Waals surface area contributed by atoms with Gasteiger partial charge in [-0.1, -0.05) is 17.7 Å². The molecule has 4 nitrogen and oxygen atoms in total. The van der Waals surface area contributed by atoms with Gasteiger partial charge in [0.1, 0.15) is 5.82 Å². The van der Waals surface area contributed by atoms with Crippen molar-refractivity contribution in [3.63, 3.8) is 0 Å². The zero-order chi connectivity index (χ0) is 14.2. The maximum Gasteiger partial charge on any atom is 0.117 e. The van der Waals surface area contributed by atoms with Crippen LogP contribution in [0.2, 0.25) is 5.02 Å². The van der Waals surface area contributed by atoms with Crippen LogP contribution in [0.5, 0.6) is 0 Å². The number of para-hydroxylation sites is 1. The number of halogens is 1. The van der Waals surface area contributed by atoms with Gasteiger partial charge in [-0.05, 0) is 31.9 Å². The van der Waals surface area contributed by atoms with E-state index in [0.29, 0.717) is 6.54 Å². The van der Waals surface area contributed by atoms with Crippen molar-refractivity contribution in [2.45, 2.75) is 31.7 Å². The number of benzene rings is 1. The third-order valence-electron chi connectivity index (χ3n) is 4.35. The van der Waals surface area contributed by atoms with Gasteiger partial charge in [0, 0.05) is 31.7 Å². The third kappa shape index (κ3) is 2.03. The lowest BCUT2D eigenvalue weighted by atomic mass is 9.79. The number of aromatic nitrogens is 2. The normalized spacial score (nSPS) is 18.6. The van der Waals surface area contributed by atoms with E-state index < -0.39 is 0 Å². The molecule has 5 heteroatoms. The summed E-state index contributed by atoms with van der Waals surface area (Å²) in [5.41, 5.74) is 8.00. The Kier molecular flexibility index (Phi) is 3.71. The van der Waals surface area contributed by atoms with Crippen LogP contribution in [-0.2, 0) is 16.7 Å². The molecule has 0 unspecified atom stereocenters. The van der Waals surface area contributed by atoms with Crippen LogP contribution < -0.4 is 5.73 Å². The first-order chi connectivity index (χ1) is 9.72. The number of aryl methyl sites for hydroxylation is 1. The molecule has 1 aromatic carbocycles. The summed E-state index contributed by atoms with van der Waals surface area (Å²) in [6.45, 7) is 5.06. The average Bonchev–Trinajstić information content (AvgIpc) is 2.88. The van der Waals surface area contributed by atoms with Crippen LogP contribution in [0.1, 0.15) is 25.6 Å². The molecule has 1 aliphatic heterocycles. The smallest absolute Gasteiger partial charge is 0.117 e. The Morgan fingerprint density at radius 1 is 1.40 bits per heavy atom. The van der Waals surface area contributed by atoms with Crippen molar-refractivity contribution in [3.05, 3.63) is 29.0 Å². The SMILES string of the molecule is CCn1c(C2(CN)CCOCC2)nc2cccc(Cl)c21. The van der Waals surface area contributed by atoms with Gasteiger partial charge in [0.05, 0.1) is 16.1 Å². The minimum atomic E-state index is -0.0867. The van der Waals surface area contributed by atoms with E-state index in [4.69, 9.17) is 27.1 Å². The molecule has 2 N–H and O–H groups in total. The van der Waals surface area contributed by atoms with Gasteiger partial charge in [0.2, 0.25) is 0 Å². The Labute approximate surface area is 123 Å². The van der Waals surface area contributed by atoms with Crippen LogP contribution in [0.4, 0.5) is 0 Å². The van der Waals surface area contributed by atoms with Crippen molar-refractivity contribution >= 4 is 22.6 Å². The minimum absolute atomic E-state index is 0.0867. The van der Waals surface area contributed by atoms with E-state index in [1.807, 2.05) is 18.2 Å². The number of imidazole rings is 1. The zero-order valence-corrected chi connectivity index (χ0v) is 12.5.